The van der Waals surface area contributed by atoms with E-state index in [1.54, 1.807) is 18.3 Å². The van der Waals surface area contributed by atoms with E-state index >= 15 is 0 Å². The molecule has 0 spiro atoms. The van der Waals surface area contributed by atoms with E-state index in [1.807, 2.05) is 53.6 Å². The summed E-state index contributed by atoms with van der Waals surface area (Å²) in [5, 5.41) is 7.19. The van der Waals surface area contributed by atoms with Crippen LogP contribution in [0, 0.1) is 0 Å². The van der Waals surface area contributed by atoms with Crippen molar-refractivity contribution in [2.24, 2.45) is 0 Å². The van der Waals surface area contributed by atoms with Crippen LogP contribution in [-0.4, -0.2) is 34.3 Å². The van der Waals surface area contributed by atoms with Crippen LogP contribution in [0.15, 0.2) is 89.7 Å². The first kappa shape index (κ1) is 25.4. The number of halogens is 2. The molecule has 2 N–H and O–H groups in total. The van der Waals surface area contributed by atoms with Crippen molar-refractivity contribution in [1.29, 1.82) is 0 Å². The zero-order valence-corrected chi connectivity index (χ0v) is 22.9. The van der Waals surface area contributed by atoms with Gasteiger partial charge in [-0.05, 0) is 78.9 Å². The zero-order chi connectivity index (χ0) is 25.9. The van der Waals surface area contributed by atoms with E-state index < -0.39 is 0 Å². The molecule has 5 rings (SSSR count). The predicted molar refractivity (Wildman–Crippen MR) is 153 cm³/mol. The van der Waals surface area contributed by atoms with Crippen molar-refractivity contribution < 1.29 is 9.53 Å². The van der Waals surface area contributed by atoms with Gasteiger partial charge < -0.3 is 24.8 Å². The van der Waals surface area contributed by atoms with Crippen molar-refractivity contribution in [2.75, 3.05) is 23.9 Å². The number of anilines is 2. The van der Waals surface area contributed by atoms with Crippen LogP contribution >= 0.6 is 39.7 Å². The molecule has 2 aromatic heterocycles. The van der Waals surface area contributed by atoms with Gasteiger partial charge in [0.05, 0.1) is 22.4 Å². The van der Waals surface area contributed by atoms with E-state index in [0.717, 1.165) is 27.2 Å². The molecule has 1 aliphatic heterocycles. The lowest BCUT2D eigenvalue weighted by atomic mass is 10.0. The van der Waals surface area contributed by atoms with Crippen LogP contribution < -0.4 is 15.5 Å². The molecule has 1 aliphatic rings. The largest absolute Gasteiger partial charge is 0.375 e. The fraction of sp³-hybridized carbons (Fsp3) is 0.148. The zero-order valence-electron chi connectivity index (χ0n) is 19.8. The van der Waals surface area contributed by atoms with Gasteiger partial charge in [0, 0.05) is 41.0 Å². The molecule has 10 heteroatoms. The van der Waals surface area contributed by atoms with E-state index in [0.29, 0.717) is 15.8 Å². The predicted octanol–water partition coefficient (Wildman–Crippen LogP) is 6.05. The fourth-order valence-electron chi connectivity index (χ4n) is 4.48. The van der Waals surface area contributed by atoms with Crippen molar-refractivity contribution in [1.82, 2.24) is 14.9 Å². The molecule has 0 saturated carbocycles. The van der Waals surface area contributed by atoms with Gasteiger partial charge in [-0.25, -0.2) is 0 Å². The highest BCUT2D eigenvalue weighted by Crippen LogP contribution is 2.43. The number of hydrogen-bond acceptors (Lipinski definition) is 4. The average molecular weight is 597 g/mol. The topological polar surface area (TPSA) is 71.4 Å². The van der Waals surface area contributed by atoms with E-state index in [-0.39, 0.29) is 24.6 Å². The number of pyridine rings is 1. The van der Waals surface area contributed by atoms with Crippen molar-refractivity contribution in [3.05, 3.63) is 106 Å². The minimum Gasteiger partial charge on any atom is -0.375 e. The lowest BCUT2D eigenvalue weighted by Gasteiger charge is -2.29. The van der Waals surface area contributed by atoms with Crippen LogP contribution in [0.2, 0.25) is 5.02 Å². The summed E-state index contributed by atoms with van der Waals surface area (Å²) in [6.07, 6.45) is 3.82. The Morgan fingerprint density at radius 2 is 1.92 bits per heavy atom. The fourth-order valence-corrected chi connectivity index (χ4v) is 5.31. The van der Waals surface area contributed by atoms with E-state index in [2.05, 4.69) is 54.3 Å². The molecule has 4 aromatic rings. The number of carbonyl (C=O) groups excluding carboxylic acids is 1. The van der Waals surface area contributed by atoms with Gasteiger partial charge in [0.15, 0.2) is 5.11 Å². The minimum absolute atomic E-state index is 0.0565. The SMILES string of the molecule is COCC(=O)Nc1ccc(N2C(=S)N[C@@H](c3ccccn3)[C@@H]2c2cccn2-c2ccc(Br)cc2)cc1Cl. The van der Waals surface area contributed by atoms with Gasteiger partial charge in [-0.15, -0.1) is 0 Å². The van der Waals surface area contributed by atoms with Crippen LogP contribution in [0.25, 0.3) is 5.69 Å². The van der Waals surface area contributed by atoms with Crippen molar-refractivity contribution >= 4 is 62.1 Å². The first-order chi connectivity index (χ1) is 18.0. The number of benzene rings is 2. The maximum atomic E-state index is 12.0. The average Bonchev–Trinajstić information content (AvgIpc) is 3.51. The standard InChI is InChI=1S/C27H23BrClN5O2S/c1-36-16-24(35)31-21-12-11-19(15-20(21)29)34-26(25(32-27(34)37)22-5-2-3-13-30-22)23-6-4-14-33(23)18-9-7-17(28)8-10-18/h2-15,25-26H,16H2,1H3,(H,31,35)(H,32,37)/t25-,26-/m0/s1. The summed E-state index contributed by atoms with van der Waals surface area (Å²) in [5.74, 6) is -0.282. The molecule has 1 saturated heterocycles. The van der Waals surface area contributed by atoms with E-state index in [9.17, 15) is 4.79 Å². The van der Waals surface area contributed by atoms with Crippen molar-refractivity contribution in [2.45, 2.75) is 12.1 Å². The van der Waals surface area contributed by atoms with Crippen LogP contribution in [0.1, 0.15) is 23.5 Å². The number of carbonyl (C=O) groups is 1. The third-order valence-electron chi connectivity index (χ3n) is 6.07. The van der Waals surface area contributed by atoms with Gasteiger partial charge in [-0.3, -0.25) is 9.78 Å². The molecule has 7 nitrogen and oxygen atoms in total. The molecule has 0 aliphatic carbocycles. The summed E-state index contributed by atoms with van der Waals surface area (Å²) < 4.78 is 8.06. The molecular weight excluding hydrogens is 574 g/mol. The second-order valence-electron chi connectivity index (χ2n) is 8.42. The summed E-state index contributed by atoms with van der Waals surface area (Å²) in [6, 6.07) is 23.1. The molecule has 1 amide bonds. The molecule has 2 aromatic carbocycles. The highest BCUT2D eigenvalue weighted by molar-refractivity contribution is 9.10. The summed E-state index contributed by atoms with van der Waals surface area (Å²) in [6.45, 7) is -0.0565. The quantitative estimate of drug-likeness (QED) is 0.253. The molecule has 3 heterocycles. The van der Waals surface area contributed by atoms with Gasteiger partial charge in [0.1, 0.15) is 12.6 Å². The Labute approximate surface area is 233 Å². The van der Waals surface area contributed by atoms with Crippen LogP contribution in [0.4, 0.5) is 11.4 Å². The molecule has 0 bridgehead atoms. The molecular formula is C27H23BrClN5O2S. The van der Waals surface area contributed by atoms with Gasteiger partial charge in [-0.2, -0.15) is 0 Å². The highest BCUT2D eigenvalue weighted by Gasteiger charge is 2.42. The second-order valence-corrected chi connectivity index (χ2v) is 10.1. The Morgan fingerprint density at radius 3 is 2.62 bits per heavy atom. The molecule has 0 radical (unpaired) electrons. The Hall–Kier alpha value is -3.24. The summed E-state index contributed by atoms with van der Waals surface area (Å²) >= 11 is 16.0. The molecule has 188 valence electrons. The number of nitrogens with one attached hydrogen (secondary N) is 2. The van der Waals surface area contributed by atoms with Crippen molar-refractivity contribution in [3.63, 3.8) is 0 Å². The molecule has 2 atom stereocenters. The van der Waals surface area contributed by atoms with Crippen LogP contribution in [0.3, 0.4) is 0 Å². The third-order valence-corrected chi connectivity index (χ3v) is 7.22. The first-order valence-electron chi connectivity index (χ1n) is 11.5. The normalized spacial score (nSPS) is 17.1. The Morgan fingerprint density at radius 1 is 1.14 bits per heavy atom. The lowest BCUT2D eigenvalue weighted by Crippen LogP contribution is -2.30. The lowest BCUT2D eigenvalue weighted by molar-refractivity contribution is -0.119. The Bertz CT molecular complexity index is 1430. The number of aromatic nitrogens is 2. The number of rotatable bonds is 7. The molecule has 0 unspecified atom stereocenters. The number of methoxy groups -OCH3 is 1. The van der Waals surface area contributed by atoms with Gasteiger partial charge >= 0.3 is 0 Å². The van der Waals surface area contributed by atoms with Gasteiger partial charge in [-0.1, -0.05) is 33.6 Å². The van der Waals surface area contributed by atoms with Crippen LogP contribution in [-0.2, 0) is 9.53 Å². The Kier molecular flexibility index (Phi) is 7.57. The number of amides is 1. The van der Waals surface area contributed by atoms with Gasteiger partial charge in [0.25, 0.3) is 0 Å². The number of ether oxygens (including phenoxy) is 1. The van der Waals surface area contributed by atoms with E-state index in [4.69, 9.17) is 28.6 Å². The molecule has 1 fully saturated rings. The highest BCUT2D eigenvalue weighted by atomic mass is 79.9. The first-order valence-corrected chi connectivity index (χ1v) is 13.1. The monoisotopic (exact) mass is 595 g/mol. The van der Waals surface area contributed by atoms with Crippen molar-refractivity contribution in [3.8, 4) is 5.69 Å². The summed E-state index contributed by atoms with van der Waals surface area (Å²) in [7, 11) is 1.47. The number of hydrogen-bond donors (Lipinski definition) is 2. The van der Waals surface area contributed by atoms with Gasteiger partial charge in [0.2, 0.25) is 5.91 Å². The second kappa shape index (κ2) is 11.0. The molecule has 37 heavy (non-hydrogen) atoms. The smallest absolute Gasteiger partial charge is 0.250 e. The van der Waals surface area contributed by atoms with Crippen LogP contribution in [0.5, 0.6) is 0 Å². The maximum absolute atomic E-state index is 12.0. The number of nitrogens with zero attached hydrogens (tertiary/aromatic N) is 3. The summed E-state index contributed by atoms with van der Waals surface area (Å²) in [4.78, 5) is 18.7. The number of thiocarbonyl (C=S) groups is 1. The minimum atomic E-state index is -0.282. The maximum Gasteiger partial charge on any atom is 0.250 e. The Balaban J connectivity index is 1.58. The van der Waals surface area contributed by atoms with E-state index in [1.165, 1.54) is 7.11 Å². The summed E-state index contributed by atoms with van der Waals surface area (Å²) in [5.41, 5.74) is 4.21. The third kappa shape index (κ3) is 5.26.